The molecule has 0 radical (unpaired) electrons. The molecule has 0 bridgehead atoms. The standard InChI is InChI=1S/C18H31N3O2/c1-5-19-17(21-13-15-9-7-10-22-15)20-12-14-8-6-11-23-16(14)18(2,3)4/h7,9-10,14,16H,5-6,8,11-13H2,1-4H3,(H2,19,20,21). The average molecular weight is 321 g/mol. The Morgan fingerprint density at radius 1 is 1.35 bits per heavy atom. The Kier molecular flexibility index (Phi) is 6.51. The molecular formula is C18H31N3O2. The van der Waals surface area contributed by atoms with E-state index in [0.717, 1.165) is 37.8 Å². The first-order valence-electron chi connectivity index (χ1n) is 8.67. The van der Waals surface area contributed by atoms with E-state index in [4.69, 9.17) is 9.15 Å². The van der Waals surface area contributed by atoms with Gasteiger partial charge in [-0.2, -0.15) is 0 Å². The third-order valence-corrected chi connectivity index (χ3v) is 4.15. The number of ether oxygens (including phenoxy) is 1. The highest BCUT2D eigenvalue weighted by atomic mass is 16.5. The van der Waals surface area contributed by atoms with E-state index < -0.39 is 0 Å². The van der Waals surface area contributed by atoms with Crippen molar-refractivity contribution >= 4 is 5.96 Å². The van der Waals surface area contributed by atoms with Crippen molar-refractivity contribution in [2.45, 2.75) is 53.2 Å². The van der Waals surface area contributed by atoms with Gasteiger partial charge in [-0.3, -0.25) is 0 Å². The molecule has 2 atom stereocenters. The summed E-state index contributed by atoms with van der Waals surface area (Å²) in [6, 6.07) is 3.83. The number of guanidine groups is 1. The summed E-state index contributed by atoms with van der Waals surface area (Å²) in [4.78, 5) is 4.59. The second kappa shape index (κ2) is 8.39. The highest BCUT2D eigenvalue weighted by Gasteiger charge is 2.35. The molecule has 1 aliphatic heterocycles. The minimum atomic E-state index is 0.163. The lowest BCUT2D eigenvalue weighted by Gasteiger charge is -2.40. The maximum atomic E-state index is 6.05. The lowest BCUT2D eigenvalue weighted by atomic mass is 9.78. The summed E-state index contributed by atoms with van der Waals surface area (Å²) in [6.45, 7) is 12.0. The van der Waals surface area contributed by atoms with Crippen LogP contribution in [-0.4, -0.2) is 31.8 Å². The lowest BCUT2D eigenvalue weighted by molar-refractivity contribution is -0.0835. The maximum absolute atomic E-state index is 6.05. The lowest BCUT2D eigenvalue weighted by Crippen LogP contribution is -2.47. The molecule has 2 heterocycles. The zero-order valence-electron chi connectivity index (χ0n) is 14.9. The van der Waals surface area contributed by atoms with Gasteiger partial charge < -0.3 is 19.8 Å². The summed E-state index contributed by atoms with van der Waals surface area (Å²) in [7, 11) is 0. The van der Waals surface area contributed by atoms with E-state index in [1.54, 1.807) is 6.26 Å². The Bertz CT molecular complexity index is 477. The van der Waals surface area contributed by atoms with Gasteiger partial charge in [0.15, 0.2) is 5.96 Å². The molecule has 2 unspecified atom stereocenters. The van der Waals surface area contributed by atoms with E-state index >= 15 is 0 Å². The Morgan fingerprint density at radius 2 is 2.17 bits per heavy atom. The highest BCUT2D eigenvalue weighted by molar-refractivity contribution is 5.79. The third kappa shape index (κ3) is 5.57. The Labute approximate surface area is 139 Å². The number of rotatable bonds is 5. The van der Waals surface area contributed by atoms with Gasteiger partial charge in [0.05, 0.1) is 12.4 Å². The van der Waals surface area contributed by atoms with Crippen molar-refractivity contribution in [1.82, 2.24) is 10.6 Å². The van der Waals surface area contributed by atoms with Crippen LogP contribution >= 0.6 is 0 Å². The average Bonchev–Trinajstić information content (AvgIpc) is 3.03. The number of aliphatic imine (C=N–C) groups is 1. The zero-order chi connectivity index (χ0) is 16.7. The summed E-state index contributed by atoms with van der Waals surface area (Å²) >= 11 is 0. The van der Waals surface area contributed by atoms with Crippen molar-refractivity contribution in [2.75, 3.05) is 19.7 Å². The second-order valence-electron chi connectivity index (χ2n) is 7.22. The minimum Gasteiger partial charge on any atom is -0.467 e. The van der Waals surface area contributed by atoms with Crippen molar-refractivity contribution in [3.05, 3.63) is 24.2 Å². The molecule has 1 aromatic rings. The molecule has 1 aliphatic rings. The van der Waals surface area contributed by atoms with Crippen LogP contribution in [0.3, 0.4) is 0 Å². The number of hydrogen-bond acceptors (Lipinski definition) is 3. The van der Waals surface area contributed by atoms with Gasteiger partial charge in [0.1, 0.15) is 12.3 Å². The van der Waals surface area contributed by atoms with Crippen molar-refractivity contribution < 1.29 is 9.15 Å². The van der Waals surface area contributed by atoms with Crippen molar-refractivity contribution in [3.8, 4) is 0 Å². The van der Waals surface area contributed by atoms with Crippen molar-refractivity contribution in [2.24, 2.45) is 16.3 Å². The SMILES string of the molecule is CCNC(=NCc1ccco1)NCC1CCCOC1C(C)(C)C. The molecule has 5 heteroatoms. The second-order valence-corrected chi connectivity index (χ2v) is 7.22. The molecule has 0 aliphatic carbocycles. The number of hydrogen-bond donors (Lipinski definition) is 2. The van der Waals surface area contributed by atoms with E-state index in [0.29, 0.717) is 12.5 Å². The predicted molar refractivity (Wildman–Crippen MR) is 93.4 cm³/mol. The normalized spacial score (nSPS) is 22.9. The van der Waals surface area contributed by atoms with Crippen LogP contribution in [0.5, 0.6) is 0 Å². The van der Waals surface area contributed by atoms with Crippen LogP contribution in [0.1, 0.15) is 46.3 Å². The van der Waals surface area contributed by atoms with Gasteiger partial charge in [-0.1, -0.05) is 20.8 Å². The Morgan fingerprint density at radius 3 is 2.83 bits per heavy atom. The molecule has 0 spiro atoms. The summed E-state index contributed by atoms with van der Waals surface area (Å²) in [5, 5.41) is 6.77. The third-order valence-electron chi connectivity index (χ3n) is 4.15. The van der Waals surface area contributed by atoms with Gasteiger partial charge >= 0.3 is 0 Å². The first-order valence-corrected chi connectivity index (χ1v) is 8.67. The fraction of sp³-hybridized carbons (Fsp3) is 0.722. The summed E-state index contributed by atoms with van der Waals surface area (Å²) in [5.74, 6) is 2.22. The van der Waals surface area contributed by atoms with E-state index in [2.05, 4.69) is 43.3 Å². The molecular weight excluding hydrogens is 290 g/mol. The van der Waals surface area contributed by atoms with E-state index in [9.17, 15) is 0 Å². The smallest absolute Gasteiger partial charge is 0.191 e. The largest absolute Gasteiger partial charge is 0.467 e. The van der Waals surface area contributed by atoms with E-state index in [-0.39, 0.29) is 11.5 Å². The first-order chi connectivity index (χ1) is 11.0. The van der Waals surface area contributed by atoms with Crippen molar-refractivity contribution in [1.29, 1.82) is 0 Å². The summed E-state index contributed by atoms with van der Waals surface area (Å²) in [5.41, 5.74) is 0.163. The molecule has 5 nitrogen and oxygen atoms in total. The number of nitrogens with one attached hydrogen (secondary N) is 2. The monoisotopic (exact) mass is 321 g/mol. The van der Waals surface area contributed by atoms with Gasteiger partial charge in [-0.15, -0.1) is 0 Å². The molecule has 2 N–H and O–H groups in total. The quantitative estimate of drug-likeness (QED) is 0.646. The van der Waals surface area contributed by atoms with Crippen molar-refractivity contribution in [3.63, 3.8) is 0 Å². The zero-order valence-corrected chi connectivity index (χ0v) is 14.9. The van der Waals surface area contributed by atoms with Crippen LogP contribution in [0.2, 0.25) is 0 Å². The highest BCUT2D eigenvalue weighted by Crippen LogP contribution is 2.33. The fourth-order valence-electron chi connectivity index (χ4n) is 3.14. The summed E-state index contributed by atoms with van der Waals surface area (Å²) < 4.78 is 11.4. The van der Waals surface area contributed by atoms with Gasteiger partial charge in [-0.25, -0.2) is 4.99 Å². The topological polar surface area (TPSA) is 58.8 Å². The van der Waals surface area contributed by atoms with E-state index in [1.165, 1.54) is 6.42 Å². The molecule has 1 aromatic heterocycles. The Balaban J connectivity index is 1.92. The van der Waals surface area contributed by atoms with Crippen LogP contribution in [0.15, 0.2) is 27.8 Å². The molecule has 0 saturated carbocycles. The van der Waals surface area contributed by atoms with Gasteiger partial charge in [0.25, 0.3) is 0 Å². The molecule has 1 fully saturated rings. The first kappa shape index (κ1) is 17.9. The van der Waals surface area contributed by atoms with Crippen LogP contribution in [0.25, 0.3) is 0 Å². The van der Waals surface area contributed by atoms with Crippen LogP contribution in [0, 0.1) is 11.3 Å². The molecule has 23 heavy (non-hydrogen) atoms. The fourth-order valence-corrected chi connectivity index (χ4v) is 3.14. The molecule has 0 aromatic carbocycles. The molecule has 1 saturated heterocycles. The molecule has 0 amide bonds. The molecule has 2 rings (SSSR count). The van der Waals surface area contributed by atoms with Crippen LogP contribution in [-0.2, 0) is 11.3 Å². The number of nitrogens with zero attached hydrogens (tertiary/aromatic N) is 1. The van der Waals surface area contributed by atoms with E-state index in [1.807, 2.05) is 12.1 Å². The maximum Gasteiger partial charge on any atom is 0.191 e. The Hall–Kier alpha value is -1.49. The van der Waals surface area contributed by atoms with Gasteiger partial charge in [-0.05, 0) is 37.3 Å². The van der Waals surface area contributed by atoms with Crippen LogP contribution < -0.4 is 10.6 Å². The number of furan rings is 1. The van der Waals surface area contributed by atoms with Crippen LogP contribution in [0.4, 0.5) is 0 Å². The predicted octanol–water partition coefficient (Wildman–Crippen LogP) is 3.18. The van der Waals surface area contributed by atoms with Gasteiger partial charge in [0.2, 0.25) is 0 Å². The summed E-state index contributed by atoms with van der Waals surface area (Å²) in [6.07, 6.45) is 4.31. The molecule has 130 valence electrons. The van der Waals surface area contributed by atoms with Gasteiger partial charge in [0, 0.05) is 25.6 Å². The minimum absolute atomic E-state index is 0.163.